The Bertz CT molecular complexity index is 449. The van der Waals surface area contributed by atoms with Gasteiger partial charge in [-0.1, -0.05) is 24.8 Å². The van der Waals surface area contributed by atoms with E-state index in [1.54, 1.807) is 6.07 Å². The van der Waals surface area contributed by atoms with Crippen LogP contribution in [-0.2, 0) is 16.1 Å². The molecule has 1 aromatic carbocycles. The Balaban J connectivity index is 2.50. The van der Waals surface area contributed by atoms with Crippen molar-refractivity contribution in [3.8, 4) is 11.8 Å². The summed E-state index contributed by atoms with van der Waals surface area (Å²) in [5, 5.41) is 8.70. The Labute approximate surface area is 119 Å². The molecule has 110 valence electrons. The van der Waals surface area contributed by atoms with E-state index in [1.807, 2.05) is 0 Å². The van der Waals surface area contributed by atoms with Crippen LogP contribution in [0.2, 0.25) is 0 Å². The van der Waals surface area contributed by atoms with Crippen molar-refractivity contribution in [3.05, 3.63) is 35.1 Å². The van der Waals surface area contributed by atoms with Crippen LogP contribution in [0, 0.1) is 17.7 Å². The first-order valence-electron chi connectivity index (χ1n) is 6.81. The monoisotopic (exact) mass is 280 g/mol. The highest BCUT2D eigenvalue weighted by atomic mass is 19.1. The first-order chi connectivity index (χ1) is 9.77. The summed E-state index contributed by atoms with van der Waals surface area (Å²) < 4.78 is 24.0. The van der Waals surface area contributed by atoms with Crippen molar-refractivity contribution in [2.24, 2.45) is 0 Å². The van der Waals surface area contributed by atoms with Gasteiger partial charge in [-0.15, -0.1) is 0 Å². The van der Waals surface area contributed by atoms with E-state index in [1.165, 1.54) is 12.1 Å². The molecule has 0 spiro atoms. The molecule has 0 aliphatic heterocycles. The molecule has 0 saturated heterocycles. The van der Waals surface area contributed by atoms with Crippen LogP contribution in [0.25, 0.3) is 0 Å². The van der Waals surface area contributed by atoms with Gasteiger partial charge in [-0.2, -0.15) is 0 Å². The SMILES string of the molecule is CCCOCCOCc1ccc(F)cc1C#CCCO. The molecule has 3 nitrogen and oxygen atoms in total. The molecule has 0 unspecified atom stereocenters. The van der Waals surface area contributed by atoms with E-state index in [-0.39, 0.29) is 12.4 Å². The van der Waals surface area contributed by atoms with Crippen LogP contribution in [0.1, 0.15) is 30.9 Å². The van der Waals surface area contributed by atoms with E-state index in [4.69, 9.17) is 14.6 Å². The zero-order chi connectivity index (χ0) is 14.6. The van der Waals surface area contributed by atoms with Crippen molar-refractivity contribution in [3.63, 3.8) is 0 Å². The standard InChI is InChI=1S/C16H21FO3/c1-2-9-19-10-11-20-13-15-6-7-16(17)12-14(15)5-3-4-8-18/h6-7,12,18H,2,4,8-11,13H2,1H3. The first kappa shape index (κ1) is 16.6. The van der Waals surface area contributed by atoms with Crippen LogP contribution in [0.3, 0.4) is 0 Å². The number of aliphatic hydroxyl groups is 1. The summed E-state index contributed by atoms with van der Waals surface area (Å²) in [5.74, 6) is 5.32. The lowest BCUT2D eigenvalue weighted by Gasteiger charge is -2.07. The molecule has 0 radical (unpaired) electrons. The number of aliphatic hydroxyl groups excluding tert-OH is 1. The lowest BCUT2D eigenvalue weighted by Crippen LogP contribution is -2.05. The number of halogens is 1. The molecular weight excluding hydrogens is 259 g/mol. The van der Waals surface area contributed by atoms with Gasteiger partial charge in [0.15, 0.2) is 0 Å². The van der Waals surface area contributed by atoms with Crippen LogP contribution in [0.15, 0.2) is 18.2 Å². The van der Waals surface area contributed by atoms with Gasteiger partial charge in [0.05, 0.1) is 26.4 Å². The summed E-state index contributed by atoms with van der Waals surface area (Å²) in [6, 6.07) is 4.45. The van der Waals surface area contributed by atoms with Gasteiger partial charge in [-0.05, 0) is 24.1 Å². The molecule has 1 N–H and O–H groups in total. The van der Waals surface area contributed by atoms with Gasteiger partial charge in [0.25, 0.3) is 0 Å². The lowest BCUT2D eigenvalue weighted by atomic mass is 10.1. The van der Waals surface area contributed by atoms with E-state index in [0.717, 1.165) is 18.6 Å². The van der Waals surface area contributed by atoms with E-state index in [9.17, 15) is 4.39 Å². The summed E-state index contributed by atoms with van der Waals surface area (Å²) in [5.41, 5.74) is 1.44. The summed E-state index contributed by atoms with van der Waals surface area (Å²) >= 11 is 0. The largest absolute Gasteiger partial charge is 0.395 e. The van der Waals surface area contributed by atoms with Crippen LogP contribution in [0.4, 0.5) is 4.39 Å². The van der Waals surface area contributed by atoms with Crippen molar-refractivity contribution in [1.29, 1.82) is 0 Å². The maximum atomic E-state index is 13.2. The third kappa shape index (κ3) is 6.67. The first-order valence-corrected chi connectivity index (χ1v) is 6.81. The van der Waals surface area contributed by atoms with Gasteiger partial charge in [0.1, 0.15) is 5.82 Å². The summed E-state index contributed by atoms with van der Waals surface area (Å²) in [6.45, 7) is 4.22. The molecule has 0 fully saturated rings. The molecule has 0 aliphatic rings. The predicted octanol–water partition coefficient (Wildman–Crippen LogP) is 2.50. The van der Waals surface area contributed by atoms with Crippen molar-refractivity contribution >= 4 is 0 Å². The maximum Gasteiger partial charge on any atom is 0.124 e. The van der Waals surface area contributed by atoms with E-state index >= 15 is 0 Å². The van der Waals surface area contributed by atoms with E-state index < -0.39 is 0 Å². The summed E-state index contributed by atoms with van der Waals surface area (Å²) in [4.78, 5) is 0. The molecule has 0 saturated carbocycles. The average Bonchev–Trinajstić information content (AvgIpc) is 2.45. The number of rotatable bonds is 8. The fraction of sp³-hybridized carbons (Fsp3) is 0.500. The Kier molecular flexibility index (Phi) is 8.64. The third-order valence-electron chi connectivity index (χ3n) is 2.51. The lowest BCUT2D eigenvalue weighted by molar-refractivity contribution is 0.0407. The average molecular weight is 280 g/mol. The van der Waals surface area contributed by atoms with Crippen LogP contribution < -0.4 is 0 Å². The van der Waals surface area contributed by atoms with Crippen LogP contribution >= 0.6 is 0 Å². The number of ether oxygens (including phenoxy) is 2. The molecule has 1 aromatic rings. The molecule has 0 aromatic heterocycles. The summed E-state index contributed by atoms with van der Waals surface area (Å²) in [7, 11) is 0. The van der Waals surface area contributed by atoms with Gasteiger partial charge in [0, 0.05) is 18.6 Å². The quantitative estimate of drug-likeness (QED) is 0.587. The van der Waals surface area contributed by atoms with Crippen molar-refractivity contribution in [2.75, 3.05) is 26.4 Å². The third-order valence-corrected chi connectivity index (χ3v) is 2.51. The van der Waals surface area contributed by atoms with Crippen molar-refractivity contribution in [2.45, 2.75) is 26.4 Å². The number of benzene rings is 1. The Morgan fingerprint density at radius 2 is 2.00 bits per heavy atom. The Morgan fingerprint density at radius 1 is 1.20 bits per heavy atom. The zero-order valence-corrected chi connectivity index (χ0v) is 11.8. The molecule has 0 amide bonds. The number of hydrogen-bond donors (Lipinski definition) is 1. The fourth-order valence-corrected chi connectivity index (χ4v) is 1.55. The second-order valence-electron chi connectivity index (χ2n) is 4.24. The highest BCUT2D eigenvalue weighted by Crippen LogP contribution is 2.11. The summed E-state index contributed by atoms with van der Waals surface area (Å²) in [6.07, 6.45) is 1.37. The molecule has 0 bridgehead atoms. The zero-order valence-electron chi connectivity index (χ0n) is 11.8. The number of hydrogen-bond acceptors (Lipinski definition) is 3. The van der Waals surface area contributed by atoms with Gasteiger partial charge in [-0.3, -0.25) is 0 Å². The minimum absolute atomic E-state index is 0.00289. The van der Waals surface area contributed by atoms with Gasteiger partial charge >= 0.3 is 0 Å². The molecule has 4 heteroatoms. The van der Waals surface area contributed by atoms with E-state index in [0.29, 0.717) is 31.8 Å². The molecular formula is C16H21FO3. The minimum atomic E-state index is -0.326. The normalized spacial score (nSPS) is 10.2. The molecule has 0 aliphatic carbocycles. The topological polar surface area (TPSA) is 38.7 Å². The van der Waals surface area contributed by atoms with Gasteiger partial charge in [-0.25, -0.2) is 4.39 Å². The molecule has 1 rings (SSSR count). The minimum Gasteiger partial charge on any atom is -0.395 e. The van der Waals surface area contributed by atoms with Crippen LogP contribution in [0.5, 0.6) is 0 Å². The second kappa shape index (κ2) is 10.4. The van der Waals surface area contributed by atoms with Gasteiger partial charge in [0.2, 0.25) is 0 Å². The Hall–Kier alpha value is -1.41. The van der Waals surface area contributed by atoms with Crippen LogP contribution in [-0.4, -0.2) is 31.5 Å². The maximum absolute atomic E-state index is 13.2. The molecule has 20 heavy (non-hydrogen) atoms. The van der Waals surface area contributed by atoms with Crippen molar-refractivity contribution < 1.29 is 19.0 Å². The smallest absolute Gasteiger partial charge is 0.124 e. The van der Waals surface area contributed by atoms with Gasteiger partial charge < -0.3 is 14.6 Å². The van der Waals surface area contributed by atoms with Crippen molar-refractivity contribution in [1.82, 2.24) is 0 Å². The second-order valence-corrected chi connectivity index (χ2v) is 4.24. The highest BCUT2D eigenvalue weighted by Gasteiger charge is 2.02. The predicted molar refractivity (Wildman–Crippen MR) is 75.7 cm³/mol. The van der Waals surface area contributed by atoms with E-state index in [2.05, 4.69) is 18.8 Å². The molecule has 0 heterocycles. The molecule has 0 atom stereocenters. The fourth-order valence-electron chi connectivity index (χ4n) is 1.55. The highest BCUT2D eigenvalue weighted by molar-refractivity contribution is 5.41. The Morgan fingerprint density at radius 3 is 2.75 bits per heavy atom.